The molecule has 9 nitrogen and oxygen atoms in total. The van der Waals surface area contributed by atoms with Gasteiger partial charge < -0.3 is 9.84 Å². The monoisotopic (exact) mass is 368 g/mol. The first-order valence-corrected chi connectivity index (χ1v) is 8.22. The van der Waals surface area contributed by atoms with Gasteiger partial charge in [0.2, 0.25) is 0 Å². The maximum atomic E-state index is 12.2. The average molecular weight is 368 g/mol. The largest absolute Gasteiger partial charge is 0.480 e. The van der Waals surface area contributed by atoms with Crippen molar-refractivity contribution in [3.05, 3.63) is 39.9 Å². The number of benzene rings is 1. The third-order valence-electron chi connectivity index (χ3n) is 3.62. The summed E-state index contributed by atoms with van der Waals surface area (Å²) in [4.78, 5) is 45.8. The van der Waals surface area contributed by atoms with Crippen LogP contribution in [0.25, 0.3) is 0 Å². The highest BCUT2D eigenvalue weighted by molar-refractivity contribution is 8.14. The summed E-state index contributed by atoms with van der Waals surface area (Å²) in [6.07, 6.45) is -0.621. The Kier molecular flexibility index (Phi) is 5.97. The van der Waals surface area contributed by atoms with E-state index in [0.717, 1.165) is 16.7 Å². The number of hydrogen-bond donors (Lipinski definition) is 1. The van der Waals surface area contributed by atoms with Crippen LogP contribution in [0, 0.1) is 10.1 Å². The van der Waals surface area contributed by atoms with Crippen LogP contribution in [0.3, 0.4) is 0 Å². The standard InChI is InChI=1S/C15H16N2O7S/c1-9(18)25-12-6-13(14(19)20)16(7-12)15(21)24-8-10-2-4-11(5-3-10)17(22)23/h2-5,12-13H,6-8H2,1H3,(H,19,20)/t12-,13-/m0/s1. The zero-order valence-corrected chi connectivity index (χ0v) is 14.1. The number of nitrogens with zero attached hydrogens (tertiary/aromatic N) is 2. The van der Waals surface area contributed by atoms with Gasteiger partial charge in [-0.05, 0) is 24.1 Å². The third-order valence-corrected chi connectivity index (χ3v) is 4.63. The molecule has 0 bridgehead atoms. The Morgan fingerprint density at radius 2 is 2.00 bits per heavy atom. The van der Waals surface area contributed by atoms with Crippen molar-refractivity contribution in [3.8, 4) is 0 Å². The van der Waals surface area contributed by atoms with Crippen molar-refractivity contribution < 1.29 is 29.2 Å². The molecule has 134 valence electrons. The molecule has 0 unspecified atom stereocenters. The van der Waals surface area contributed by atoms with Crippen molar-refractivity contribution in [1.82, 2.24) is 4.90 Å². The zero-order valence-electron chi connectivity index (χ0n) is 13.3. The number of thioether (sulfide) groups is 1. The van der Waals surface area contributed by atoms with E-state index in [1.54, 1.807) is 0 Å². The lowest BCUT2D eigenvalue weighted by atomic mass is 10.2. The molecule has 25 heavy (non-hydrogen) atoms. The van der Waals surface area contributed by atoms with E-state index in [-0.39, 0.29) is 35.6 Å². The van der Waals surface area contributed by atoms with Gasteiger partial charge in [-0.25, -0.2) is 9.59 Å². The van der Waals surface area contributed by atoms with Crippen molar-refractivity contribution in [3.63, 3.8) is 0 Å². The molecule has 1 aromatic carbocycles. The van der Waals surface area contributed by atoms with E-state index in [1.165, 1.54) is 31.2 Å². The number of carbonyl (C=O) groups excluding carboxylic acids is 2. The Balaban J connectivity index is 1.97. The van der Waals surface area contributed by atoms with Gasteiger partial charge in [0, 0.05) is 30.9 Å². The van der Waals surface area contributed by atoms with E-state index in [0.29, 0.717) is 5.56 Å². The molecule has 10 heteroatoms. The number of nitro benzene ring substituents is 1. The molecule has 1 amide bonds. The predicted octanol–water partition coefficient (Wildman–Crippen LogP) is 2.04. The Bertz CT molecular complexity index is 692. The number of carboxylic acids is 1. The first-order valence-electron chi connectivity index (χ1n) is 7.34. The van der Waals surface area contributed by atoms with Gasteiger partial charge in [0.15, 0.2) is 5.12 Å². The highest BCUT2D eigenvalue weighted by Gasteiger charge is 2.41. The molecule has 1 saturated heterocycles. The molecule has 2 rings (SSSR count). The number of rotatable bonds is 5. The summed E-state index contributed by atoms with van der Waals surface area (Å²) in [5.74, 6) is -1.15. The summed E-state index contributed by atoms with van der Waals surface area (Å²) in [6.45, 7) is 1.36. The number of ether oxygens (including phenoxy) is 1. The minimum absolute atomic E-state index is 0.0790. The number of aliphatic carboxylic acids is 1. The highest BCUT2D eigenvalue weighted by atomic mass is 32.2. The second-order valence-electron chi connectivity index (χ2n) is 5.45. The van der Waals surface area contributed by atoms with Gasteiger partial charge in [0.1, 0.15) is 12.6 Å². The van der Waals surface area contributed by atoms with Crippen LogP contribution >= 0.6 is 11.8 Å². The maximum absolute atomic E-state index is 12.2. The van der Waals surface area contributed by atoms with Gasteiger partial charge in [-0.2, -0.15) is 0 Å². The Morgan fingerprint density at radius 3 is 2.52 bits per heavy atom. The van der Waals surface area contributed by atoms with Gasteiger partial charge >= 0.3 is 12.1 Å². The summed E-state index contributed by atoms with van der Waals surface area (Å²) >= 11 is 1.01. The fourth-order valence-electron chi connectivity index (χ4n) is 2.50. The molecule has 1 aliphatic rings. The average Bonchev–Trinajstić information content (AvgIpc) is 2.96. The predicted molar refractivity (Wildman–Crippen MR) is 88.1 cm³/mol. The molecule has 1 N–H and O–H groups in total. The smallest absolute Gasteiger partial charge is 0.410 e. The summed E-state index contributed by atoms with van der Waals surface area (Å²) in [5, 5.41) is 19.4. The second-order valence-corrected chi connectivity index (χ2v) is 6.93. The lowest BCUT2D eigenvalue weighted by molar-refractivity contribution is -0.384. The molecule has 0 spiro atoms. The first-order chi connectivity index (χ1) is 11.8. The topological polar surface area (TPSA) is 127 Å². The van der Waals surface area contributed by atoms with E-state index < -0.39 is 23.0 Å². The molecule has 1 fully saturated rings. The van der Waals surface area contributed by atoms with Crippen LogP contribution in [0.1, 0.15) is 18.9 Å². The first kappa shape index (κ1) is 18.7. The van der Waals surface area contributed by atoms with Gasteiger partial charge in [0.25, 0.3) is 5.69 Å². The van der Waals surface area contributed by atoms with Crippen LogP contribution in [0.2, 0.25) is 0 Å². The molecule has 0 radical (unpaired) electrons. The number of carboxylic acid groups (broad SMARTS) is 1. The fourth-order valence-corrected chi connectivity index (χ4v) is 3.48. The van der Waals surface area contributed by atoms with Crippen LogP contribution in [0.15, 0.2) is 24.3 Å². The van der Waals surface area contributed by atoms with E-state index in [4.69, 9.17) is 4.74 Å². The van der Waals surface area contributed by atoms with Crippen molar-refractivity contribution in [2.24, 2.45) is 0 Å². The Morgan fingerprint density at radius 1 is 1.36 bits per heavy atom. The maximum Gasteiger partial charge on any atom is 0.410 e. The van der Waals surface area contributed by atoms with Crippen LogP contribution < -0.4 is 0 Å². The van der Waals surface area contributed by atoms with Crippen LogP contribution in [-0.2, 0) is 20.9 Å². The second kappa shape index (κ2) is 7.97. The van der Waals surface area contributed by atoms with Gasteiger partial charge in [-0.3, -0.25) is 19.8 Å². The zero-order chi connectivity index (χ0) is 18.6. The van der Waals surface area contributed by atoms with E-state index in [9.17, 15) is 29.6 Å². The van der Waals surface area contributed by atoms with Gasteiger partial charge in [-0.15, -0.1) is 0 Å². The number of nitro groups is 1. The van der Waals surface area contributed by atoms with Crippen LogP contribution in [0.4, 0.5) is 10.5 Å². The normalized spacial score (nSPS) is 19.5. The van der Waals surface area contributed by atoms with E-state index in [1.807, 2.05) is 0 Å². The minimum Gasteiger partial charge on any atom is -0.480 e. The molecule has 0 aromatic heterocycles. The van der Waals surface area contributed by atoms with Crippen molar-refractivity contribution in [1.29, 1.82) is 0 Å². The van der Waals surface area contributed by atoms with Crippen molar-refractivity contribution >= 4 is 34.6 Å². The quantitative estimate of drug-likeness (QED) is 0.618. The SMILES string of the molecule is CC(=O)S[C@H]1C[C@@H](C(=O)O)N(C(=O)OCc2ccc([N+](=O)[O-])cc2)C1. The van der Waals surface area contributed by atoms with E-state index >= 15 is 0 Å². The molecular formula is C15H16N2O7S. The summed E-state index contributed by atoms with van der Waals surface area (Å²) in [6, 6.07) is 4.45. The Labute approximate surface area is 147 Å². The minimum atomic E-state index is -1.15. The summed E-state index contributed by atoms with van der Waals surface area (Å²) < 4.78 is 5.11. The summed E-state index contributed by atoms with van der Waals surface area (Å²) in [7, 11) is 0. The molecule has 1 aromatic rings. The summed E-state index contributed by atoms with van der Waals surface area (Å²) in [5.41, 5.74) is 0.462. The highest BCUT2D eigenvalue weighted by Crippen LogP contribution is 2.29. The molecule has 2 atom stereocenters. The molecule has 1 aliphatic heterocycles. The number of likely N-dealkylation sites (tertiary alicyclic amines) is 1. The van der Waals surface area contributed by atoms with Gasteiger partial charge in [-0.1, -0.05) is 11.8 Å². The lowest BCUT2D eigenvalue weighted by Crippen LogP contribution is -2.40. The third kappa shape index (κ3) is 4.92. The molecule has 0 aliphatic carbocycles. The number of carbonyl (C=O) groups is 3. The number of hydrogen-bond acceptors (Lipinski definition) is 7. The van der Waals surface area contributed by atoms with Crippen LogP contribution in [-0.4, -0.2) is 49.9 Å². The van der Waals surface area contributed by atoms with Gasteiger partial charge in [0.05, 0.1) is 4.92 Å². The number of amides is 1. The number of non-ortho nitro benzene ring substituents is 1. The molecular weight excluding hydrogens is 352 g/mol. The van der Waals surface area contributed by atoms with Crippen molar-refractivity contribution in [2.75, 3.05) is 6.54 Å². The van der Waals surface area contributed by atoms with E-state index in [2.05, 4.69) is 0 Å². The lowest BCUT2D eigenvalue weighted by Gasteiger charge is -2.20. The Hall–Kier alpha value is -2.62. The molecule has 0 saturated carbocycles. The molecule has 1 heterocycles. The van der Waals surface area contributed by atoms with Crippen molar-refractivity contribution in [2.45, 2.75) is 31.2 Å². The van der Waals surface area contributed by atoms with Crippen LogP contribution in [0.5, 0.6) is 0 Å². The fraction of sp³-hybridized carbons (Fsp3) is 0.400.